The predicted molar refractivity (Wildman–Crippen MR) is 66.9 cm³/mol. The average molecular weight is 216 g/mol. The van der Waals surface area contributed by atoms with E-state index in [9.17, 15) is 0 Å². The Balaban J connectivity index is 2.65. The highest BCUT2D eigenvalue weighted by Gasteiger charge is 2.14. The molecule has 76 valence electrons. The normalized spacial score (nSPS) is 11.6. The number of fused-ring (bicyclic) bond motifs is 3. The van der Waals surface area contributed by atoms with E-state index in [0.717, 1.165) is 5.69 Å². The molecule has 0 aliphatic heterocycles. The van der Waals surface area contributed by atoms with Crippen molar-refractivity contribution in [2.24, 2.45) is 0 Å². The van der Waals surface area contributed by atoms with Crippen molar-refractivity contribution in [1.82, 2.24) is 4.68 Å². The molecule has 0 atom stereocenters. The van der Waals surface area contributed by atoms with E-state index < -0.39 is 0 Å². The number of hydrogen-bond donors (Lipinski definition) is 1. The zero-order valence-corrected chi connectivity index (χ0v) is 9.56. The summed E-state index contributed by atoms with van der Waals surface area (Å²) in [7, 11) is 0. The minimum atomic E-state index is 1.15. The minimum Gasteiger partial charge on any atom is -0.338 e. The van der Waals surface area contributed by atoms with E-state index in [2.05, 4.69) is 38.1 Å². The summed E-state index contributed by atoms with van der Waals surface area (Å²) in [6.45, 7) is 4.21. The van der Waals surface area contributed by atoms with Crippen LogP contribution in [0.1, 0.15) is 11.3 Å². The van der Waals surface area contributed by atoms with Gasteiger partial charge in [-0.25, -0.2) is 0 Å². The van der Waals surface area contributed by atoms with Crippen molar-refractivity contribution in [3.63, 3.8) is 0 Å². The van der Waals surface area contributed by atoms with Crippen molar-refractivity contribution in [2.45, 2.75) is 13.8 Å². The summed E-state index contributed by atoms with van der Waals surface area (Å²) in [5.41, 5.74) is 2.45. The quantitative estimate of drug-likeness (QED) is 0.575. The summed E-state index contributed by atoms with van der Waals surface area (Å²) in [5, 5.41) is 2.64. The maximum atomic E-state index is 6.03. The highest BCUT2D eigenvalue weighted by molar-refractivity contribution is 7.25. The molecule has 0 saturated heterocycles. The second-order valence-electron chi connectivity index (χ2n) is 3.86. The van der Waals surface area contributed by atoms with Gasteiger partial charge in [0.2, 0.25) is 0 Å². The molecule has 0 radical (unpaired) electrons. The van der Waals surface area contributed by atoms with Crippen molar-refractivity contribution in [3.05, 3.63) is 35.5 Å². The van der Waals surface area contributed by atoms with Crippen LogP contribution in [0.15, 0.2) is 24.3 Å². The molecule has 0 fully saturated rings. The topological polar surface area (TPSA) is 30.9 Å². The third-order valence-corrected chi connectivity index (χ3v) is 4.24. The first-order chi connectivity index (χ1) is 7.20. The molecule has 2 N–H and O–H groups in total. The fourth-order valence-electron chi connectivity index (χ4n) is 2.08. The number of nitrogens with two attached hydrogens (primary N) is 1. The van der Waals surface area contributed by atoms with Crippen LogP contribution in [0.25, 0.3) is 20.3 Å². The number of thiophene rings is 1. The highest BCUT2D eigenvalue weighted by atomic mass is 32.1. The fraction of sp³-hybridized carbons (Fsp3) is 0.167. The minimum absolute atomic E-state index is 1.15. The maximum Gasteiger partial charge on any atom is 0.123 e. The van der Waals surface area contributed by atoms with Gasteiger partial charge in [-0.2, -0.15) is 0 Å². The van der Waals surface area contributed by atoms with Crippen molar-refractivity contribution in [2.75, 3.05) is 5.84 Å². The molecule has 2 aromatic heterocycles. The van der Waals surface area contributed by atoms with E-state index in [1.165, 1.54) is 25.9 Å². The van der Waals surface area contributed by atoms with Crippen molar-refractivity contribution >= 4 is 31.6 Å². The standard InChI is InChI=1S/C12H12N2S/c1-7-8(2)14(13)12-11(7)9-5-3-4-6-10(9)15-12/h3-6H,13H2,1-2H3. The molecule has 3 rings (SSSR count). The number of aryl methyl sites for hydroxylation is 1. The molecule has 2 nitrogen and oxygen atoms in total. The molecule has 0 aliphatic rings. The van der Waals surface area contributed by atoms with Crippen LogP contribution in [0, 0.1) is 13.8 Å². The summed E-state index contributed by atoms with van der Waals surface area (Å²) >= 11 is 1.76. The van der Waals surface area contributed by atoms with Crippen molar-refractivity contribution in [3.8, 4) is 0 Å². The average Bonchev–Trinajstić information content (AvgIpc) is 2.72. The first-order valence-corrected chi connectivity index (χ1v) is 5.76. The number of nitrogen functional groups attached to an aromatic ring is 1. The third kappa shape index (κ3) is 0.984. The molecule has 0 unspecified atom stereocenters. The molecule has 15 heavy (non-hydrogen) atoms. The van der Waals surface area contributed by atoms with Crippen LogP contribution in [0.2, 0.25) is 0 Å². The molecule has 2 heterocycles. The summed E-state index contributed by atoms with van der Waals surface area (Å²) in [4.78, 5) is 1.17. The lowest BCUT2D eigenvalue weighted by molar-refractivity contribution is 0.996. The van der Waals surface area contributed by atoms with Crippen LogP contribution in [0.5, 0.6) is 0 Å². The van der Waals surface area contributed by atoms with Crippen molar-refractivity contribution < 1.29 is 0 Å². The molecular formula is C12H12N2S. The van der Waals surface area contributed by atoms with Gasteiger partial charge in [-0.15, -0.1) is 11.3 Å². The molecule has 0 saturated carbocycles. The second kappa shape index (κ2) is 2.76. The van der Waals surface area contributed by atoms with Gasteiger partial charge in [0.15, 0.2) is 0 Å². The number of nitrogens with zero attached hydrogens (tertiary/aromatic N) is 1. The maximum absolute atomic E-state index is 6.03. The van der Waals surface area contributed by atoms with E-state index in [1.54, 1.807) is 16.0 Å². The van der Waals surface area contributed by atoms with Crippen LogP contribution in [0.3, 0.4) is 0 Å². The van der Waals surface area contributed by atoms with Crippen LogP contribution in [-0.2, 0) is 0 Å². The summed E-state index contributed by atoms with van der Waals surface area (Å²) < 4.78 is 3.11. The highest BCUT2D eigenvalue weighted by Crippen LogP contribution is 2.37. The molecule has 0 bridgehead atoms. The first kappa shape index (κ1) is 8.80. The summed E-state index contributed by atoms with van der Waals surface area (Å²) in [5.74, 6) is 6.03. The molecular weight excluding hydrogens is 204 g/mol. The van der Waals surface area contributed by atoms with Gasteiger partial charge in [-0.1, -0.05) is 18.2 Å². The lowest BCUT2D eigenvalue weighted by Gasteiger charge is -1.97. The molecule has 0 amide bonds. The lowest BCUT2D eigenvalue weighted by Crippen LogP contribution is -2.08. The SMILES string of the molecule is Cc1c(C)n(N)c2sc3ccccc3c12. The fourth-order valence-corrected chi connectivity index (χ4v) is 3.31. The Bertz CT molecular complexity index is 661. The summed E-state index contributed by atoms with van der Waals surface area (Å²) in [6.07, 6.45) is 0. The number of aromatic nitrogens is 1. The van der Waals surface area contributed by atoms with Gasteiger partial charge in [-0.3, -0.25) is 4.68 Å². The van der Waals surface area contributed by atoms with Crippen LogP contribution in [-0.4, -0.2) is 4.68 Å². The summed E-state index contributed by atoms with van der Waals surface area (Å²) in [6, 6.07) is 8.47. The molecule has 1 aromatic carbocycles. The van der Waals surface area contributed by atoms with Crippen LogP contribution >= 0.6 is 11.3 Å². The third-order valence-electron chi connectivity index (χ3n) is 3.07. The predicted octanol–water partition coefficient (Wildman–Crippen LogP) is 3.19. The van der Waals surface area contributed by atoms with Crippen LogP contribution in [0.4, 0.5) is 0 Å². The monoisotopic (exact) mass is 216 g/mol. The first-order valence-electron chi connectivity index (χ1n) is 4.94. The van der Waals surface area contributed by atoms with Gasteiger partial charge in [0.1, 0.15) is 4.83 Å². The van der Waals surface area contributed by atoms with Gasteiger partial charge >= 0.3 is 0 Å². The van der Waals surface area contributed by atoms with Gasteiger partial charge in [-0.05, 0) is 25.5 Å². The zero-order chi connectivity index (χ0) is 10.6. The van der Waals surface area contributed by atoms with E-state index in [1.807, 2.05) is 0 Å². The van der Waals surface area contributed by atoms with Crippen LogP contribution < -0.4 is 5.84 Å². The van der Waals surface area contributed by atoms with Gasteiger partial charge in [0, 0.05) is 21.2 Å². The van der Waals surface area contributed by atoms with E-state index in [4.69, 9.17) is 5.84 Å². The lowest BCUT2D eigenvalue weighted by atomic mass is 10.1. The molecule has 3 heteroatoms. The smallest absolute Gasteiger partial charge is 0.123 e. The Morgan fingerprint density at radius 2 is 1.93 bits per heavy atom. The Morgan fingerprint density at radius 1 is 1.20 bits per heavy atom. The zero-order valence-electron chi connectivity index (χ0n) is 8.74. The largest absolute Gasteiger partial charge is 0.338 e. The van der Waals surface area contributed by atoms with E-state index >= 15 is 0 Å². The molecule has 0 spiro atoms. The Hall–Kier alpha value is -1.48. The Kier molecular flexibility index (Phi) is 1.62. The molecule has 3 aromatic rings. The Labute approximate surface area is 91.9 Å². The Morgan fingerprint density at radius 3 is 2.73 bits per heavy atom. The van der Waals surface area contributed by atoms with E-state index in [0.29, 0.717) is 0 Å². The second-order valence-corrected chi connectivity index (χ2v) is 4.89. The van der Waals surface area contributed by atoms with E-state index in [-0.39, 0.29) is 0 Å². The number of rotatable bonds is 0. The number of benzene rings is 1. The van der Waals surface area contributed by atoms with Crippen molar-refractivity contribution in [1.29, 1.82) is 0 Å². The van der Waals surface area contributed by atoms with Gasteiger partial charge < -0.3 is 5.84 Å². The number of hydrogen-bond acceptors (Lipinski definition) is 2. The molecule has 0 aliphatic carbocycles. The van der Waals surface area contributed by atoms with Gasteiger partial charge in [0.05, 0.1) is 0 Å². The van der Waals surface area contributed by atoms with Gasteiger partial charge in [0.25, 0.3) is 0 Å².